The zero-order valence-corrected chi connectivity index (χ0v) is 11.3. The third kappa shape index (κ3) is 3.23. The predicted octanol–water partition coefficient (Wildman–Crippen LogP) is 3.08. The summed E-state index contributed by atoms with van der Waals surface area (Å²) in [6.45, 7) is 4.67. The largest absolute Gasteiger partial charge is 0.453 e. The Labute approximate surface area is 104 Å². The SMILES string of the molecule is COC(=O)NCC(C)(C)c1ccccc1Br. The number of hydrogen-bond acceptors (Lipinski definition) is 2. The van der Waals surface area contributed by atoms with E-state index in [1.807, 2.05) is 24.3 Å². The highest BCUT2D eigenvalue weighted by molar-refractivity contribution is 9.10. The van der Waals surface area contributed by atoms with Gasteiger partial charge in [0.15, 0.2) is 0 Å². The van der Waals surface area contributed by atoms with Crippen molar-refractivity contribution in [3.63, 3.8) is 0 Å². The maximum Gasteiger partial charge on any atom is 0.406 e. The minimum Gasteiger partial charge on any atom is -0.453 e. The molecule has 0 atom stereocenters. The number of halogens is 1. The van der Waals surface area contributed by atoms with Gasteiger partial charge in [0.25, 0.3) is 0 Å². The average Bonchev–Trinajstić information content (AvgIpc) is 2.26. The first kappa shape index (κ1) is 13.0. The van der Waals surface area contributed by atoms with E-state index < -0.39 is 6.09 Å². The first-order valence-corrected chi connectivity index (χ1v) is 5.83. The van der Waals surface area contributed by atoms with Crippen molar-refractivity contribution in [2.45, 2.75) is 19.3 Å². The zero-order valence-electron chi connectivity index (χ0n) is 9.71. The van der Waals surface area contributed by atoms with Crippen LogP contribution in [0.2, 0.25) is 0 Å². The third-order valence-corrected chi connectivity index (χ3v) is 3.15. The number of nitrogens with one attached hydrogen (secondary N) is 1. The first-order chi connectivity index (χ1) is 7.47. The van der Waals surface area contributed by atoms with Gasteiger partial charge < -0.3 is 10.1 Å². The Morgan fingerprint density at radius 1 is 1.44 bits per heavy atom. The van der Waals surface area contributed by atoms with Crippen molar-refractivity contribution in [1.82, 2.24) is 5.32 Å². The monoisotopic (exact) mass is 285 g/mol. The maximum atomic E-state index is 11.0. The van der Waals surface area contributed by atoms with Crippen molar-refractivity contribution in [3.8, 4) is 0 Å². The van der Waals surface area contributed by atoms with Crippen molar-refractivity contribution in [3.05, 3.63) is 34.3 Å². The summed E-state index contributed by atoms with van der Waals surface area (Å²) in [5, 5.41) is 2.72. The second-order valence-electron chi connectivity index (χ2n) is 4.21. The Bertz CT molecular complexity index is 377. The van der Waals surface area contributed by atoms with Gasteiger partial charge in [-0.15, -0.1) is 0 Å². The lowest BCUT2D eigenvalue weighted by atomic mass is 9.85. The highest BCUT2D eigenvalue weighted by Crippen LogP contribution is 2.29. The van der Waals surface area contributed by atoms with Crippen LogP contribution in [-0.4, -0.2) is 19.7 Å². The molecule has 1 N–H and O–H groups in total. The molecule has 0 saturated carbocycles. The molecule has 3 nitrogen and oxygen atoms in total. The van der Waals surface area contributed by atoms with E-state index in [2.05, 4.69) is 39.8 Å². The molecule has 0 radical (unpaired) electrons. The highest BCUT2D eigenvalue weighted by Gasteiger charge is 2.23. The maximum absolute atomic E-state index is 11.0. The van der Waals surface area contributed by atoms with Gasteiger partial charge in [-0.2, -0.15) is 0 Å². The summed E-state index contributed by atoms with van der Waals surface area (Å²) in [6.07, 6.45) is -0.403. The van der Waals surface area contributed by atoms with Gasteiger partial charge in [0, 0.05) is 16.4 Å². The second kappa shape index (κ2) is 5.34. The van der Waals surface area contributed by atoms with Crippen LogP contribution in [0.15, 0.2) is 28.7 Å². The topological polar surface area (TPSA) is 38.3 Å². The average molecular weight is 286 g/mol. The smallest absolute Gasteiger partial charge is 0.406 e. The molecule has 1 aromatic rings. The molecule has 1 aromatic carbocycles. The van der Waals surface area contributed by atoms with E-state index in [0.717, 1.165) is 10.0 Å². The summed E-state index contributed by atoms with van der Waals surface area (Å²) in [5.74, 6) is 0. The van der Waals surface area contributed by atoms with E-state index in [0.29, 0.717) is 6.54 Å². The summed E-state index contributed by atoms with van der Waals surface area (Å²) in [5.41, 5.74) is 1.01. The van der Waals surface area contributed by atoms with Crippen LogP contribution in [-0.2, 0) is 10.2 Å². The molecule has 0 aromatic heterocycles. The number of methoxy groups -OCH3 is 1. The van der Waals surface area contributed by atoms with Crippen LogP contribution in [0.5, 0.6) is 0 Å². The fourth-order valence-corrected chi connectivity index (χ4v) is 2.29. The third-order valence-electron chi connectivity index (χ3n) is 2.46. The molecule has 0 aliphatic carbocycles. The summed E-state index contributed by atoms with van der Waals surface area (Å²) in [4.78, 5) is 11.0. The van der Waals surface area contributed by atoms with Crippen LogP contribution in [0.3, 0.4) is 0 Å². The zero-order chi connectivity index (χ0) is 12.2. The predicted molar refractivity (Wildman–Crippen MR) is 67.6 cm³/mol. The van der Waals surface area contributed by atoms with Gasteiger partial charge >= 0.3 is 6.09 Å². The van der Waals surface area contributed by atoms with Gasteiger partial charge in [-0.1, -0.05) is 48.0 Å². The Balaban J connectivity index is 2.77. The summed E-state index contributed by atoms with van der Waals surface area (Å²) in [6, 6.07) is 8.00. The molecular weight excluding hydrogens is 270 g/mol. The second-order valence-corrected chi connectivity index (χ2v) is 5.06. The number of carbonyl (C=O) groups is 1. The molecule has 0 spiro atoms. The molecular formula is C12H16BrNO2. The summed E-state index contributed by atoms with van der Waals surface area (Å²) < 4.78 is 5.60. The molecule has 0 aliphatic rings. The number of rotatable bonds is 3. The van der Waals surface area contributed by atoms with Gasteiger partial charge in [0.2, 0.25) is 0 Å². The van der Waals surface area contributed by atoms with E-state index in [9.17, 15) is 4.79 Å². The molecule has 0 fully saturated rings. The normalized spacial score (nSPS) is 11.0. The van der Waals surface area contributed by atoms with E-state index in [4.69, 9.17) is 0 Å². The summed E-state index contributed by atoms with van der Waals surface area (Å²) >= 11 is 3.51. The minimum absolute atomic E-state index is 0.145. The van der Waals surface area contributed by atoms with Crippen molar-refractivity contribution < 1.29 is 9.53 Å². The molecule has 1 amide bonds. The molecule has 0 heterocycles. The molecule has 0 saturated heterocycles. The number of ether oxygens (including phenoxy) is 1. The molecule has 4 heteroatoms. The lowest BCUT2D eigenvalue weighted by Gasteiger charge is -2.26. The van der Waals surface area contributed by atoms with Crippen LogP contribution in [0.1, 0.15) is 19.4 Å². The fourth-order valence-electron chi connectivity index (χ4n) is 1.47. The number of carbonyl (C=O) groups excluding carboxylic acids is 1. The van der Waals surface area contributed by atoms with Gasteiger partial charge in [0.1, 0.15) is 0 Å². The number of amides is 1. The number of alkyl carbamates (subject to hydrolysis) is 1. The lowest BCUT2D eigenvalue weighted by Crippen LogP contribution is -2.36. The van der Waals surface area contributed by atoms with Gasteiger partial charge in [-0.3, -0.25) is 0 Å². The van der Waals surface area contributed by atoms with Gasteiger partial charge in [-0.05, 0) is 11.6 Å². The minimum atomic E-state index is -0.403. The Morgan fingerprint density at radius 2 is 2.06 bits per heavy atom. The summed E-state index contributed by atoms with van der Waals surface area (Å²) in [7, 11) is 1.36. The van der Waals surface area contributed by atoms with Crippen molar-refractivity contribution >= 4 is 22.0 Å². The molecule has 0 aliphatic heterocycles. The standard InChI is InChI=1S/C12H16BrNO2/c1-12(2,8-14-11(15)16-3)9-6-4-5-7-10(9)13/h4-7H,8H2,1-3H3,(H,14,15). The molecule has 0 unspecified atom stereocenters. The van der Waals surface area contributed by atoms with Crippen molar-refractivity contribution in [1.29, 1.82) is 0 Å². The fraction of sp³-hybridized carbons (Fsp3) is 0.417. The van der Waals surface area contributed by atoms with E-state index >= 15 is 0 Å². The Hall–Kier alpha value is -1.03. The van der Waals surface area contributed by atoms with Gasteiger partial charge in [-0.25, -0.2) is 4.79 Å². The number of benzene rings is 1. The Morgan fingerprint density at radius 3 is 2.62 bits per heavy atom. The molecule has 88 valence electrons. The van der Waals surface area contributed by atoms with E-state index in [1.54, 1.807) is 0 Å². The highest BCUT2D eigenvalue weighted by atomic mass is 79.9. The molecule has 16 heavy (non-hydrogen) atoms. The number of hydrogen-bond donors (Lipinski definition) is 1. The van der Waals surface area contributed by atoms with E-state index in [-0.39, 0.29) is 5.41 Å². The van der Waals surface area contributed by atoms with Crippen LogP contribution < -0.4 is 5.32 Å². The van der Waals surface area contributed by atoms with Crippen molar-refractivity contribution in [2.75, 3.05) is 13.7 Å². The van der Waals surface area contributed by atoms with Gasteiger partial charge in [0.05, 0.1) is 7.11 Å². The Kier molecular flexibility index (Phi) is 4.35. The van der Waals surface area contributed by atoms with Crippen LogP contribution in [0.4, 0.5) is 4.79 Å². The molecule has 0 bridgehead atoms. The van der Waals surface area contributed by atoms with Crippen LogP contribution in [0, 0.1) is 0 Å². The quantitative estimate of drug-likeness (QED) is 0.927. The van der Waals surface area contributed by atoms with E-state index in [1.165, 1.54) is 7.11 Å². The van der Waals surface area contributed by atoms with Crippen LogP contribution in [0.25, 0.3) is 0 Å². The lowest BCUT2D eigenvalue weighted by molar-refractivity contribution is 0.168. The van der Waals surface area contributed by atoms with Crippen molar-refractivity contribution in [2.24, 2.45) is 0 Å². The molecule has 1 rings (SSSR count). The first-order valence-electron chi connectivity index (χ1n) is 5.04. The van der Waals surface area contributed by atoms with Crippen LogP contribution >= 0.6 is 15.9 Å².